The molecule has 0 aliphatic heterocycles. The summed E-state index contributed by atoms with van der Waals surface area (Å²) in [5.41, 5.74) is 1.90. The molecular formula is C11H14O3S. The van der Waals surface area contributed by atoms with Gasteiger partial charge in [-0.2, -0.15) is 0 Å². The second-order valence-corrected chi connectivity index (χ2v) is 4.56. The minimum atomic E-state index is -0.814. The van der Waals surface area contributed by atoms with Gasteiger partial charge < -0.3 is 10.2 Å². The van der Waals surface area contributed by atoms with Crippen molar-refractivity contribution in [3.05, 3.63) is 23.3 Å². The fourth-order valence-electron chi connectivity index (χ4n) is 1.28. The molecule has 0 heterocycles. The number of hydrogen-bond donors (Lipinski definition) is 2. The standard InChI is InChI=1S/C11H14O3S/c1-7-5-8(2)11(14)9(6-7)15-4-3-10(12)13/h5-6,14H,3-4H2,1-2H3,(H,12,13). The first-order valence-electron chi connectivity index (χ1n) is 4.65. The summed E-state index contributed by atoms with van der Waals surface area (Å²) in [4.78, 5) is 11.1. The Morgan fingerprint density at radius 2 is 2.07 bits per heavy atom. The van der Waals surface area contributed by atoms with Crippen LogP contribution < -0.4 is 0 Å². The molecule has 1 aromatic rings. The highest BCUT2D eigenvalue weighted by molar-refractivity contribution is 7.99. The molecule has 1 aromatic carbocycles. The van der Waals surface area contributed by atoms with E-state index in [9.17, 15) is 9.90 Å². The van der Waals surface area contributed by atoms with Crippen LogP contribution in [0.3, 0.4) is 0 Å². The van der Waals surface area contributed by atoms with Gasteiger partial charge in [-0.25, -0.2) is 0 Å². The fourth-order valence-corrected chi connectivity index (χ4v) is 2.34. The van der Waals surface area contributed by atoms with Crippen molar-refractivity contribution in [2.24, 2.45) is 0 Å². The Morgan fingerprint density at radius 3 is 2.67 bits per heavy atom. The van der Waals surface area contributed by atoms with E-state index in [2.05, 4.69) is 0 Å². The van der Waals surface area contributed by atoms with Crippen LogP contribution in [0.25, 0.3) is 0 Å². The van der Waals surface area contributed by atoms with E-state index in [0.717, 1.165) is 16.0 Å². The Morgan fingerprint density at radius 1 is 1.40 bits per heavy atom. The molecule has 0 bridgehead atoms. The van der Waals surface area contributed by atoms with Crippen LogP contribution in [0.1, 0.15) is 17.5 Å². The van der Waals surface area contributed by atoms with Crippen LogP contribution in [-0.4, -0.2) is 21.9 Å². The molecule has 0 spiro atoms. The first kappa shape index (κ1) is 11.9. The number of carboxylic acids is 1. The molecule has 15 heavy (non-hydrogen) atoms. The van der Waals surface area contributed by atoms with Crippen molar-refractivity contribution in [1.29, 1.82) is 0 Å². The van der Waals surface area contributed by atoms with E-state index in [1.54, 1.807) is 0 Å². The van der Waals surface area contributed by atoms with Crippen LogP contribution in [0, 0.1) is 13.8 Å². The third-order valence-electron chi connectivity index (χ3n) is 1.98. The number of phenolic OH excluding ortho intramolecular Hbond substituents is 1. The summed E-state index contributed by atoms with van der Waals surface area (Å²) in [6.45, 7) is 3.79. The molecule has 2 N–H and O–H groups in total. The number of aromatic hydroxyl groups is 1. The molecular weight excluding hydrogens is 212 g/mol. The predicted octanol–water partition coefficient (Wildman–Crippen LogP) is 2.58. The molecule has 3 nitrogen and oxygen atoms in total. The largest absolute Gasteiger partial charge is 0.507 e. The molecule has 0 unspecified atom stereocenters. The van der Waals surface area contributed by atoms with Gasteiger partial charge in [0.2, 0.25) is 0 Å². The van der Waals surface area contributed by atoms with Gasteiger partial charge in [0.15, 0.2) is 0 Å². The Labute approximate surface area is 93.1 Å². The Kier molecular flexibility index (Phi) is 4.03. The van der Waals surface area contributed by atoms with E-state index in [1.807, 2.05) is 26.0 Å². The first-order chi connectivity index (χ1) is 7.00. The third-order valence-corrected chi connectivity index (χ3v) is 3.01. The van der Waals surface area contributed by atoms with E-state index in [-0.39, 0.29) is 12.2 Å². The second-order valence-electron chi connectivity index (χ2n) is 3.42. The van der Waals surface area contributed by atoms with E-state index in [4.69, 9.17) is 5.11 Å². The maximum absolute atomic E-state index is 10.3. The van der Waals surface area contributed by atoms with Crippen molar-refractivity contribution < 1.29 is 15.0 Å². The van der Waals surface area contributed by atoms with Crippen molar-refractivity contribution in [3.63, 3.8) is 0 Å². The van der Waals surface area contributed by atoms with Crippen molar-refractivity contribution in [1.82, 2.24) is 0 Å². The maximum Gasteiger partial charge on any atom is 0.304 e. The number of aryl methyl sites for hydroxylation is 2. The lowest BCUT2D eigenvalue weighted by Gasteiger charge is -2.07. The number of phenols is 1. The van der Waals surface area contributed by atoms with E-state index < -0.39 is 5.97 Å². The molecule has 0 aliphatic rings. The number of thioether (sulfide) groups is 1. The lowest BCUT2D eigenvalue weighted by molar-refractivity contribution is -0.136. The fraction of sp³-hybridized carbons (Fsp3) is 0.364. The zero-order valence-corrected chi connectivity index (χ0v) is 9.60. The summed E-state index contributed by atoms with van der Waals surface area (Å²) in [5.74, 6) is -0.0754. The van der Waals surface area contributed by atoms with E-state index in [1.165, 1.54) is 11.8 Å². The lowest BCUT2D eigenvalue weighted by Crippen LogP contribution is -1.96. The topological polar surface area (TPSA) is 57.5 Å². The molecule has 1 rings (SSSR count). The Bertz CT molecular complexity index is 374. The molecule has 0 fully saturated rings. The molecule has 0 amide bonds. The number of aliphatic carboxylic acids is 1. The van der Waals surface area contributed by atoms with Gasteiger partial charge in [-0.1, -0.05) is 6.07 Å². The highest BCUT2D eigenvalue weighted by atomic mass is 32.2. The van der Waals surface area contributed by atoms with Crippen LogP contribution in [0.15, 0.2) is 17.0 Å². The van der Waals surface area contributed by atoms with Crippen molar-refractivity contribution in [3.8, 4) is 5.75 Å². The molecule has 82 valence electrons. The minimum absolute atomic E-state index is 0.108. The Balaban J connectivity index is 2.72. The number of carboxylic acid groups (broad SMARTS) is 1. The van der Waals surface area contributed by atoms with Crippen LogP contribution in [0.5, 0.6) is 5.75 Å². The van der Waals surface area contributed by atoms with Crippen molar-refractivity contribution >= 4 is 17.7 Å². The average Bonchev–Trinajstić information content (AvgIpc) is 2.12. The van der Waals surface area contributed by atoms with Gasteiger partial charge in [0, 0.05) is 10.6 Å². The first-order valence-corrected chi connectivity index (χ1v) is 5.64. The number of hydrogen-bond acceptors (Lipinski definition) is 3. The van der Waals surface area contributed by atoms with Crippen LogP contribution in [0.2, 0.25) is 0 Å². The lowest BCUT2D eigenvalue weighted by atomic mass is 10.1. The molecule has 0 radical (unpaired) electrons. The molecule has 0 aliphatic carbocycles. The smallest absolute Gasteiger partial charge is 0.304 e. The number of rotatable bonds is 4. The van der Waals surface area contributed by atoms with Gasteiger partial charge in [0.05, 0.1) is 6.42 Å². The van der Waals surface area contributed by atoms with Crippen LogP contribution in [0.4, 0.5) is 0 Å². The molecule has 0 saturated heterocycles. The summed E-state index contributed by atoms with van der Waals surface area (Å²) in [7, 11) is 0. The van der Waals surface area contributed by atoms with Gasteiger partial charge in [0.25, 0.3) is 0 Å². The van der Waals surface area contributed by atoms with Gasteiger partial charge in [-0.3, -0.25) is 4.79 Å². The van der Waals surface area contributed by atoms with E-state index >= 15 is 0 Å². The van der Waals surface area contributed by atoms with Crippen LogP contribution in [-0.2, 0) is 4.79 Å². The van der Waals surface area contributed by atoms with Crippen LogP contribution >= 0.6 is 11.8 Å². The van der Waals surface area contributed by atoms with Gasteiger partial charge in [-0.05, 0) is 31.0 Å². The molecule has 0 atom stereocenters. The van der Waals surface area contributed by atoms with Crippen molar-refractivity contribution in [2.45, 2.75) is 25.2 Å². The zero-order valence-electron chi connectivity index (χ0n) is 8.78. The van der Waals surface area contributed by atoms with Gasteiger partial charge in [0.1, 0.15) is 5.75 Å². The second kappa shape index (κ2) is 5.07. The minimum Gasteiger partial charge on any atom is -0.507 e. The summed E-state index contributed by atoms with van der Waals surface area (Å²) < 4.78 is 0. The molecule has 0 saturated carbocycles. The van der Waals surface area contributed by atoms with E-state index in [0.29, 0.717) is 5.75 Å². The van der Waals surface area contributed by atoms with Crippen molar-refractivity contribution in [2.75, 3.05) is 5.75 Å². The number of carbonyl (C=O) groups is 1. The predicted molar refractivity (Wildman–Crippen MR) is 60.6 cm³/mol. The Hall–Kier alpha value is -1.16. The highest BCUT2D eigenvalue weighted by Crippen LogP contribution is 2.32. The summed E-state index contributed by atoms with van der Waals surface area (Å²) in [5, 5.41) is 18.2. The SMILES string of the molecule is Cc1cc(C)c(O)c(SCCC(=O)O)c1. The average molecular weight is 226 g/mol. The highest BCUT2D eigenvalue weighted by Gasteiger charge is 2.07. The van der Waals surface area contributed by atoms with Gasteiger partial charge in [-0.15, -0.1) is 11.8 Å². The normalized spacial score (nSPS) is 10.3. The monoisotopic (exact) mass is 226 g/mol. The number of benzene rings is 1. The molecule has 0 aromatic heterocycles. The maximum atomic E-state index is 10.3. The third kappa shape index (κ3) is 3.47. The summed E-state index contributed by atoms with van der Waals surface area (Å²) in [6, 6.07) is 3.77. The quantitative estimate of drug-likeness (QED) is 0.775. The van der Waals surface area contributed by atoms with Gasteiger partial charge >= 0.3 is 5.97 Å². The molecule has 4 heteroatoms. The zero-order chi connectivity index (χ0) is 11.4. The summed E-state index contributed by atoms with van der Waals surface area (Å²) in [6.07, 6.45) is 0.108. The summed E-state index contributed by atoms with van der Waals surface area (Å²) >= 11 is 1.37.